The summed E-state index contributed by atoms with van der Waals surface area (Å²) in [6, 6.07) is 11.8. The lowest BCUT2D eigenvalue weighted by Gasteiger charge is -2.17. The summed E-state index contributed by atoms with van der Waals surface area (Å²) in [5.41, 5.74) is 0.980. The number of halogens is 1. The van der Waals surface area contributed by atoms with E-state index in [-0.39, 0.29) is 12.0 Å². The minimum atomic E-state index is -0.998. The molecule has 2 aromatic rings. The summed E-state index contributed by atoms with van der Waals surface area (Å²) in [5.74, 6) is 0.529. The smallest absolute Gasteiger partial charge is 0.132 e. The van der Waals surface area contributed by atoms with Crippen molar-refractivity contribution in [3.8, 4) is 11.5 Å². The lowest BCUT2D eigenvalue weighted by Crippen LogP contribution is -2.07. The van der Waals surface area contributed by atoms with E-state index in [1.807, 2.05) is 18.2 Å². The number of ether oxygens (including phenoxy) is 2. The van der Waals surface area contributed by atoms with Crippen molar-refractivity contribution < 1.29 is 19.0 Å². The molecule has 0 radical (unpaired) electrons. The van der Waals surface area contributed by atoms with E-state index < -0.39 is 11.9 Å². The molecule has 0 aliphatic heterocycles. The van der Waals surface area contributed by atoms with Gasteiger partial charge in [0.2, 0.25) is 0 Å². The second-order valence-electron chi connectivity index (χ2n) is 4.39. The summed E-state index contributed by atoms with van der Waals surface area (Å²) in [6.07, 6.45) is -0.746. The molecule has 4 heteroatoms. The highest BCUT2D eigenvalue weighted by Crippen LogP contribution is 2.31. The van der Waals surface area contributed by atoms with Crippen LogP contribution in [0.1, 0.15) is 17.2 Å². The number of rotatable bonds is 5. The zero-order valence-electron chi connectivity index (χ0n) is 11.5. The first kappa shape index (κ1) is 14.3. The average Bonchev–Trinajstić information content (AvgIpc) is 2.47. The molecule has 0 fully saturated rings. The summed E-state index contributed by atoms with van der Waals surface area (Å²) in [7, 11) is 3.02. The molecule has 0 aliphatic carbocycles. The highest BCUT2D eigenvalue weighted by molar-refractivity contribution is 5.39. The summed E-state index contributed by atoms with van der Waals surface area (Å²) >= 11 is 0. The molecule has 0 aliphatic rings. The molecule has 0 saturated heterocycles. The van der Waals surface area contributed by atoms with Crippen molar-refractivity contribution in [1.82, 2.24) is 0 Å². The third-order valence-electron chi connectivity index (χ3n) is 3.17. The van der Waals surface area contributed by atoms with Crippen LogP contribution < -0.4 is 9.47 Å². The normalized spacial score (nSPS) is 12.0. The Balaban J connectivity index is 2.31. The third-order valence-corrected chi connectivity index (χ3v) is 3.17. The zero-order chi connectivity index (χ0) is 14.5. The Morgan fingerprint density at radius 2 is 1.65 bits per heavy atom. The average molecular weight is 276 g/mol. The summed E-state index contributed by atoms with van der Waals surface area (Å²) in [4.78, 5) is 0. The second-order valence-corrected chi connectivity index (χ2v) is 4.39. The second kappa shape index (κ2) is 6.39. The number of hydrogen-bond acceptors (Lipinski definition) is 3. The maximum absolute atomic E-state index is 13.9. The molecule has 3 nitrogen and oxygen atoms in total. The Morgan fingerprint density at radius 1 is 1.00 bits per heavy atom. The summed E-state index contributed by atoms with van der Waals surface area (Å²) in [6.45, 7) is 0. The molecule has 1 N–H and O–H groups in total. The quantitative estimate of drug-likeness (QED) is 0.912. The van der Waals surface area contributed by atoms with Gasteiger partial charge in [0.15, 0.2) is 0 Å². The topological polar surface area (TPSA) is 38.7 Å². The Bertz CT molecular complexity index is 584. The molecule has 106 valence electrons. The van der Waals surface area contributed by atoms with Crippen LogP contribution in [0.25, 0.3) is 0 Å². The van der Waals surface area contributed by atoms with Crippen LogP contribution in [0.5, 0.6) is 11.5 Å². The zero-order valence-corrected chi connectivity index (χ0v) is 11.5. The van der Waals surface area contributed by atoms with E-state index >= 15 is 0 Å². The van der Waals surface area contributed by atoms with Gasteiger partial charge in [0.1, 0.15) is 17.3 Å². The molecule has 2 aromatic carbocycles. The van der Waals surface area contributed by atoms with E-state index in [4.69, 9.17) is 9.47 Å². The van der Waals surface area contributed by atoms with Crippen LogP contribution in [0.2, 0.25) is 0 Å². The number of benzene rings is 2. The Kier molecular flexibility index (Phi) is 4.58. The Hall–Kier alpha value is -2.07. The van der Waals surface area contributed by atoms with Gasteiger partial charge in [-0.2, -0.15) is 0 Å². The molecule has 0 spiro atoms. The predicted molar refractivity (Wildman–Crippen MR) is 74.6 cm³/mol. The number of methoxy groups -OCH3 is 2. The van der Waals surface area contributed by atoms with Gasteiger partial charge in [-0.05, 0) is 23.8 Å². The molecule has 1 atom stereocenters. The first-order valence-electron chi connectivity index (χ1n) is 6.29. The molecule has 0 saturated carbocycles. The van der Waals surface area contributed by atoms with Crippen molar-refractivity contribution in [3.05, 3.63) is 59.4 Å². The summed E-state index contributed by atoms with van der Waals surface area (Å²) in [5, 5.41) is 10.3. The minimum absolute atomic E-state index is 0.168. The van der Waals surface area contributed by atoms with Gasteiger partial charge in [0.25, 0.3) is 0 Å². The largest absolute Gasteiger partial charge is 0.496 e. The van der Waals surface area contributed by atoms with Gasteiger partial charge in [-0.3, -0.25) is 0 Å². The molecule has 0 aromatic heterocycles. The number of hydrogen-bond donors (Lipinski definition) is 1. The number of aliphatic hydroxyl groups is 1. The van der Waals surface area contributed by atoms with Gasteiger partial charge < -0.3 is 14.6 Å². The summed E-state index contributed by atoms with van der Waals surface area (Å²) < 4.78 is 24.2. The molecule has 0 amide bonds. The van der Waals surface area contributed by atoms with Crippen molar-refractivity contribution in [2.45, 2.75) is 12.5 Å². The fraction of sp³-hybridized carbons (Fsp3) is 0.250. The van der Waals surface area contributed by atoms with Crippen LogP contribution in [0.3, 0.4) is 0 Å². The SMILES string of the molecule is COc1ccccc1CC(O)c1c(F)cccc1OC. The van der Waals surface area contributed by atoms with Crippen LogP contribution in [0.15, 0.2) is 42.5 Å². The van der Waals surface area contributed by atoms with Crippen molar-refractivity contribution in [3.63, 3.8) is 0 Å². The van der Waals surface area contributed by atoms with E-state index in [1.54, 1.807) is 25.3 Å². The van der Waals surface area contributed by atoms with Gasteiger partial charge in [-0.25, -0.2) is 4.39 Å². The maximum Gasteiger partial charge on any atom is 0.132 e. The van der Waals surface area contributed by atoms with Crippen LogP contribution in [-0.4, -0.2) is 19.3 Å². The number of para-hydroxylation sites is 1. The molecular formula is C16H17FO3. The fourth-order valence-corrected chi connectivity index (χ4v) is 2.20. The highest BCUT2D eigenvalue weighted by atomic mass is 19.1. The highest BCUT2D eigenvalue weighted by Gasteiger charge is 2.19. The molecule has 0 bridgehead atoms. The first-order valence-corrected chi connectivity index (χ1v) is 6.29. The van der Waals surface area contributed by atoms with Crippen molar-refractivity contribution in [1.29, 1.82) is 0 Å². The van der Waals surface area contributed by atoms with Gasteiger partial charge >= 0.3 is 0 Å². The van der Waals surface area contributed by atoms with Crippen molar-refractivity contribution >= 4 is 0 Å². The van der Waals surface area contributed by atoms with Crippen molar-refractivity contribution in [2.24, 2.45) is 0 Å². The lowest BCUT2D eigenvalue weighted by atomic mass is 9.99. The van der Waals surface area contributed by atoms with Gasteiger partial charge in [0.05, 0.1) is 25.9 Å². The molecule has 0 heterocycles. The van der Waals surface area contributed by atoms with E-state index in [2.05, 4.69) is 0 Å². The van der Waals surface area contributed by atoms with Crippen LogP contribution in [-0.2, 0) is 6.42 Å². The monoisotopic (exact) mass is 276 g/mol. The molecule has 20 heavy (non-hydrogen) atoms. The maximum atomic E-state index is 13.9. The molecule has 1 unspecified atom stereocenters. The van der Waals surface area contributed by atoms with Gasteiger partial charge in [0, 0.05) is 6.42 Å². The third kappa shape index (κ3) is 2.91. The first-order chi connectivity index (χ1) is 9.67. The van der Waals surface area contributed by atoms with Gasteiger partial charge in [-0.15, -0.1) is 0 Å². The standard InChI is InChI=1S/C16H17FO3/c1-19-14-8-4-3-6-11(14)10-13(18)16-12(17)7-5-9-15(16)20-2/h3-9,13,18H,10H2,1-2H3. The lowest BCUT2D eigenvalue weighted by molar-refractivity contribution is 0.167. The van der Waals surface area contributed by atoms with Crippen LogP contribution >= 0.6 is 0 Å². The van der Waals surface area contributed by atoms with E-state index in [0.717, 1.165) is 5.56 Å². The van der Waals surface area contributed by atoms with Gasteiger partial charge in [-0.1, -0.05) is 24.3 Å². The van der Waals surface area contributed by atoms with Crippen LogP contribution in [0.4, 0.5) is 4.39 Å². The molecular weight excluding hydrogens is 259 g/mol. The predicted octanol–water partition coefficient (Wildman–Crippen LogP) is 3.12. The van der Waals surface area contributed by atoms with Crippen molar-refractivity contribution in [2.75, 3.05) is 14.2 Å². The van der Waals surface area contributed by atoms with E-state index in [9.17, 15) is 9.50 Å². The molecule has 2 rings (SSSR count). The Labute approximate surface area is 117 Å². The van der Waals surface area contributed by atoms with Crippen LogP contribution in [0, 0.1) is 5.82 Å². The van der Waals surface area contributed by atoms with E-state index in [1.165, 1.54) is 13.2 Å². The number of aliphatic hydroxyl groups excluding tert-OH is 1. The minimum Gasteiger partial charge on any atom is -0.496 e. The van der Waals surface area contributed by atoms with E-state index in [0.29, 0.717) is 11.5 Å². The fourth-order valence-electron chi connectivity index (χ4n) is 2.20. The Morgan fingerprint density at radius 3 is 2.35 bits per heavy atom.